The van der Waals surface area contributed by atoms with Crippen LogP contribution in [0.2, 0.25) is 5.02 Å². The molecule has 1 atom stereocenters. The van der Waals surface area contributed by atoms with E-state index < -0.39 is 29.2 Å². The summed E-state index contributed by atoms with van der Waals surface area (Å²) in [5.74, 6) is -0.830. The molecule has 0 unspecified atom stereocenters. The maximum atomic E-state index is 13.3. The molecule has 0 aromatic heterocycles. The molecule has 1 aromatic rings. The Labute approximate surface area is 163 Å². The molecule has 1 heterocycles. The Hall–Kier alpha value is -1.86. The summed E-state index contributed by atoms with van der Waals surface area (Å²) in [5, 5.41) is 3.08. The van der Waals surface area contributed by atoms with E-state index in [0.717, 1.165) is 0 Å². The molecule has 8 heteroatoms. The predicted octanol–water partition coefficient (Wildman–Crippen LogP) is 3.47. The molecule has 1 N–H and O–H groups in total. The van der Waals surface area contributed by atoms with Gasteiger partial charge in [-0.25, -0.2) is 9.18 Å². The van der Waals surface area contributed by atoms with Crippen molar-refractivity contribution in [3.8, 4) is 0 Å². The first-order valence-electron chi connectivity index (χ1n) is 8.76. The van der Waals surface area contributed by atoms with Crippen LogP contribution < -0.4 is 5.32 Å². The van der Waals surface area contributed by atoms with Gasteiger partial charge in [0, 0.05) is 11.6 Å². The zero-order chi connectivity index (χ0) is 20.4. The molecule has 27 heavy (non-hydrogen) atoms. The fraction of sp³-hybridized carbons (Fsp3) is 0.579. The minimum atomic E-state index is -0.848. The van der Waals surface area contributed by atoms with Crippen LogP contribution in [0.25, 0.3) is 0 Å². The Kier molecular flexibility index (Phi) is 6.37. The number of benzene rings is 1. The van der Waals surface area contributed by atoms with Gasteiger partial charge in [-0.2, -0.15) is 0 Å². The molecule has 1 aliphatic heterocycles. The van der Waals surface area contributed by atoms with E-state index in [1.807, 2.05) is 0 Å². The van der Waals surface area contributed by atoms with Gasteiger partial charge in [-0.15, -0.1) is 0 Å². The van der Waals surface area contributed by atoms with Gasteiger partial charge in [0.15, 0.2) is 6.10 Å². The second-order valence-corrected chi connectivity index (χ2v) is 8.43. The van der Waals surface area contributed by atoms with Crippen molar-refractivity contribution in [2.45, 2.75) is 51.9 Å². The molecule has 2 amide bonds. The van der Waals surface area contributed by atoms with Crippen molar-refractivity contribution in [2.24, 2.45) is 0 Å². The fourth-order valence-corrected chi connectivity index (χ4v) is 3.16. The van der Waals surface area contributed by atoms with E-state index in [4.69, 9.17) is 21.1 Å². The number of amides is 2. The molecule has 0 spiro atoms. The highest BCUT2D eigenvalue weighted by Crippen LogP contribution is 2.28. The van der Waals surface area contributed by atoms with Gasteiger partial charge in [-0.05, 0) is 52.3 Å². The summed E-state index contributed by atoms with van der Waals surface area (Å²) in [6, 6.07) is 4.02. The molecule has 1 aliphatic rings. The van der Waals surface area contributed by atoms with Crippen LogP contribution >= 0.6 is 11.6 Å². The number of halogens is 2. The molecule has 0 saturated carbocycles. The molecule has 6 nitrogen and oxygen atoms in total. The minimum Gasteiger partial charge on any atom is -0.444 e. The third-order valence-corrected chi connectivity index (χ3v) is 4.36. The molecule has 2 rings (SSSR count). The smallest absolute Gasteiger partial charge is 0.410 e. The van der Waals surface area contributed by atoms with Crippen molar-refractivity contribution in [1.29, 1.82) is 0 Å². The lowest BCUT2D eigenvalue weighted by Gasteiger charge is -2.35. The standard InChI is InChI=1S/C19H26ClFN2O4/c1-18(2,3)27-17(25)23-8-9-26-15(11-23)16(24)22-19(4,5)13-7-6-12(21)10-14(13)20/h6-7,10,15H,8-9,11H2,1-5H3,(H,22,24)/t15-/m0/s1. The van der Waals surface area contributed by atoms with Crippen molar-refractivity contribution in [3.05, 3.63) is 34.6 Å². The molecular formula is C19H26ClFN2O4. The van der Waals surface area contributed by atoms with E-state index in [0.29, 0.717) is 12.1 Å². The van der Waals surface area contributed by atoms with Gasteiger partial charge in [0.25, 0.3) is 5.91 Å². The first kappa shape index (κ1) is 21.4. The topological polar surface area (TPSA) is 67.9 Å². The van der Waals surface area contributed by atoms with E-state index in [1.165, 1.54) is 23.1 Å². The van der Waals surface area contributed by atoms with Gasteiger partial charge < -0.3 is 19.7 Å². The predicted molar refractivity (Wildman–Crippen MR) is 100 cm³/mol. The molecule has 0 bridgehead atoms. The normalized spacial score (nSPS) is 18.2. The maximum Gasteiger partial charge on any atom is 0.410 e. The third kappa shape index (κ3) is 5.81. The summed E-state index contributed by atoms with van der Waals surface area (Å²) in [6.45, 7) is 9.55. The highest BCUT2D eigenvalue weighted by molar-refractivity contribution is 6.31. The van der Waals surface area contributed by atoms with Crippen molar-refractivity contribution in [2.75, 3.05) is 19.7 Å². The first-order valence-corrected chi connectivity index (χ1v) is 9.14. The van der Waals surface area contributed by atoms with E-state index in [1.54, 1.807) is 34.6 Å². The average Bonchev–Trinajstić information content (AvgIpc) is 2.52. The summed E-state index contributed by atoms with van der Waals surface area (Å²) in [5.41, 5.74) is -0.882. The average molecular weight is 401 g/mol. The molecule has 150 valence electrons. The second kappa shape index (κ2) is 8.02. The molecule has 0 radical (unpaired) electrons. The number of hydrogen-bond donors (Lipinski definition) is 1. The fourth-order valence-electron chi connectivity index (χ4n) is 2.75. The monoisotopic (exact) mass is 400 g/mol. The van der Waals surface area contributed by atoms with Crippen LogP contribution in [0, 0.1) is 5.82 Å². The second-order valence-electron chi connectivity index (χ2n) is 8.02. The third-order valence-electron chi connectivity index (χ3n) is 4.05. The van der Waals surface area contributed by atoms with Crippen molar-refractivity contribution < 1.29 is 23.5 Å². The van der Waals surface area contributed by atoms with Gasteiger partial charge in [0.2, 0.25) is 0 Å². The van der Waals surface area contributed by atoms with Gasteiger partial charge in [0.1, 0.15) is 11.4 Å². The molecule has 1 fully saturated rings. The Bertz CT molecular complexity index is 718. The zero-order valence-corrected chi connectivity index (χ0v) is 17.0. The maximum absolute atomic E-state index is 13.3. The van der Waals surface area contributed by atoms with Crippen molar-refractivity contribution in [3.63, 3.8) is 0 Å². The SMILES string of the molecule is CC(C)(C)OC(=O)N1CCO[C@H](C(=O)NC(C)(C)c2ccc(F)cc2Cl)C1. The number of morpholine rings is 1. The number of carbonyl (C=O) groups excluding carboxylic acids is 2. The largest absolute Gasteiger partial charge is 0.444 e. The number of rotatable bonds is 3. The molecule has 1 aromatic carbocycles. The van der Waals surface area contributed by atoms with E-state index in [9.17, 15) is 14.0 Å². The van der Waals surface area contributed by atoms with E-state index in [-0.39, 0.29) is 24.1 Å². The summed E-state index contributed by atoms with van der Waals surface area (Å²) in [6.07, 6.45) is -1.31. The van der Waals surface area contributed by atoms with Crippen LogP contribution in [0.15, 0.2) is 18.2 Å². The summed E-state index contributed by atoms with van der Waals surface area (Å²) >= 11 is 6.12. The van der Waals surface area contributed by atoms with Gasteiger partial charge in [-0.1, -0.05) is 17.7 Å². The molecule has 1 saturated heterocycles. The first-order chi connectivity index (χ1) is 12.4. The Morgan fingerprint density at radius 3 is 2.56 bits per heavy atom. The van der Waals surface area contributed by atoms with Gasteiger partial charge >= 0.3 is 6.09 Å². The quantitative estimate of drug-likeness (QED) is 0.843. The van der Waals surface area contributed by atoms with Crippen LogP contribution in [0.3, 0.4) is 0 Å². The van der Waals surface area contributed by atoms with Crippen LogP contribution in [0.1, 0.15) is 40.2 Å². The summed E-state index contributed by atoms with van der Waals surface area (Å²) < 4.78 is 24.2. The highest BCUT2D eigenvalue weighted by Gasteiger charge is 2.35. The highest BCUT2D eigenvalue weighted by atomic mass is 35.5. The minimum absolute atomic E-state index is 0.0912. The van der Waals surface area contributed by atoms with Crippen LogP contribution in [0.4, 0.5) is 9.18 Å². The summed E-state index contributed by atoms with van der Waals surface area (Å²) in [4.78, 5) is 26.4. The van der Waals surface area contributed by atoms with Gasteiger partial charge in [-0.3, -0.25) is 4.79 Å². The number of nitrogens with zero attached hydrogens (tertiary/aromatic N) is 1. The number of ether oxygens (including phenoxy) is 2. The van der Waals surface area contributed by atoms with Crippen LogP contribution in [-0.2, 0) is 19.8 Å². The van der Waals surface area contributed by atoms with Gasteiger partial charge in [0.05, 0.1) is 18.7 Å². The van der Waals surface area contributed by atoms with E-state index in [2.05, 4.69) is 5.32 Å². The van der Waals surface area contributed by atoms with E-state index >= 15 is 0 Å². The molecular weight excluding hydrogens is 375 g/mol. The molecule has 0 aliphatic carbocycles. The lowest BCUT2D eigenvalue weighted by atomic mass is 9.93. The Balaban J connectivity index is 2.05. The number of hydrogen-bond acceptors (Lipinski definition) is 4. The lowest BCUT2D eigenvalue weighted by molar-refractivity contribution is -0.139. The van der Waals surface area contributed by atoms with Crippen molar-refractivity contribution >= 4 is 23.6 Å². The number of carbonyl (C=O) groups is 2. The Morgan fingerprint density at radius 2 is 1.96 bits per heavy atom. The summed E-state index contributed by atoms with van der Waals surface area (Å²) in [7, 11) is 0. The van der Waals surface area contributed by atoms with Crippen LogP contribution in [0.5, 0.6) is 0 Å². The lowest BCUT2D eigenvalue weighted by Crippen LogP contribution is -2.55. The van der Waals surface area contributed by atoms with Crippen LogP contribution in [-0.4, -0.2) is 48.3 Å². The van der Waals surface area contributed by atoms with Crippen molar-refractivity contribution in [1.82, 2.24) is 10.2 Å². The zero-order valence-electron chi connectivity index (χ0n) is 16.3. The number of nitrogens with one attached hydrogen (secondary N) is 1. The Morgan fingerprint density at radius 1 is 1.30 bits per heavy atom.